The second-order valence-electron chi connectivity index (χ2n) is 6.48. The Kier molecular flexibility index (Phi) is 4.07. The first-order valence-electron chi connectivity index (χ1n) is 9.10. The van der Waals surface area contributed by atoms with Gasteiger partial charge in [0.2, 0.25) is 0 Å². The first-order chi connectivity index (χ1) is 13.9. The second-order valence-corrected chi connectivity index (χ2v) is 6.48. The van der Waals surface area contributed by atoms with Crippen LogP contribution in [0.2, 0.25) is 0 Å². The van der Waals surface area contributed by atoms with Crippen LogP contribution in [0.4, 0.5) is 0 Å². The molecule has 4 heteroatoms. The number of nitrogens with zero attached hydrogens (tertiary/aromatic N) is 3. The minimum absolute atomic E-state index is 0.802. The van der Waals surface area contributed by atoms with Crippen molar-refractivity contribution in [1.29, 1.82) is 0 Å². The number of benzene rings is 3. The van der Waals surface area contributed by atoms with Gasteiger partial charge in [0.15, 0.2) is 11.5 Å². The largest absolute Gasteiger partial charge is 0.457 e. The molecule has 2 heterocycles. The molecular formula is C24H17N3O. The van der Waals surface area contributed by atoms with Crippen LogP contribution in [-0.2, 0) is 0 Å². The van der Waals surface area contributed by atoms with Crippen LogP contribution in [0.3, 0.4) is 0 Å². The number of ether oxygens (including phenoxy) is 1. The maximum absolute atomic E-state index is 5.97. The van der Waals surface area contributed by atoms with Gasteiger partial charge >= 0.3 is 0 Å². The van der Waals surface area contributed by atoms with E-state index < -0.39 is 0 Å². The van der Waals surface area contributed by atoms with Crippen molar-refractivity contribution in [2.75, 3.05) is 0 Å². The average Bonchev–Trinajstić information content (AvgIpc) is 3.19. The van der Waals surface area contributed by atoms with Crippen molar-refractivity contribution >= 4 is 5.65 Å². The highest BCUT2D eigenvalue weighted by molar-refractivity contribution is 5.68. The number of rotatable bonds is 4. The molecule has 28 heavy (non-hydrogen) atoms. The van der Waals surface area contributed by atoms with Gasteiger partial charge in [-0.2, -0.15) is 0 Å². The first-order valence-corrected chi connectivity index (χ1v) is 9.10. The molecule has 0 radical (unpaired) electrons. The number of para-hydroxylation sites is 1. The molecule has 5 rings (SSSR count). The van der Waals surface area contributed by atoms with Crippen LogP contribution < -0.4 is 4.74 Å². The van der Waals surface area contributed by atoms with E-state index in [9.17, 15) is 0 Å². The summed E-state index contributed by atoms with van der Waals surface area (Å²) in [5, 5.41) is 8.65. The van der Waals surface area contributed by atoms with E-state index >= 15 is 0 Å². The molecule has 0 amide bonds. The molecule has 0 N–H and O–H groups in total. The molecule has 5 aromatic rings. The smallest absolute Gasteiger partial charge is 0.168 e. The maximum Gasteiger partial charge on any atom is 0.168 e. The van der Waals surface area contributed by atoms with Crippen molar-refractivity contribution < 1.29 is 4.74 Å². The molecule has 0 saturated carbocycles. The number of hydrogen-bond donors (Lipinski definition) is 0. The predicted molar refractivity (Wildman–Crippen MR) is 110 cm³/mol. The van der Waals surface area contributed by atoms with E-state index in [2.05, 4.69) is 28.5 Å². The number of hydrogen-bond acceptors (Lipinski definition) is 3. The fourth-order valence-corrected chi connectivity index (χ4v) is 3.21. The summed E-state index contributed by atoms with van der Waals surface area (Å²) in [6.07, 6.45) is 2.07. The zero-order valence-corrected chi connectivity index (χ0v) is 15.1. The first kappa shape index (κ1) is 16.3. The molecule has 0 saturated heterocycles. The number of fused-ring (bicyclic) bond motifs is 1. The van der Waals surface area contributed by atoms with Gasteiger partial charge in [-0.15, -0.1) is 10.2 Å². The van der Waals surface area contributed by atoms with E-state index in [1.54, 1.807) is 0 Å². The Morgan fingerprint density at radius 3 is 2.11 bits per heavy atom. The van der Waals surface area contributed by atoms with E-state index in [1.807, 2.05) is 89.3 Å². The lowest BCUT2D eigenvalue weighted by Gasteiger charge is -2.09. The summed E-state index contributed by atoms with van der Waals surface area (Å²) in [5.41, 5.74) is 4.00. The highest BCUT2D eigenvalue weighted by Gasteiger charge is 2.09. The molecule has 4 nitrogen and oxygen atoms in total. The normalized spacial score (nSPS) is 10.9. The van der Waals surface area contributed by atoms with Gasteiger partial charge in [0, 0.05) is 11.8 Å². The van der Waals surface area contributed by atoms with Crippen molar-refractivity contribution in [1.82, 2.24) is 14.6 Å². The highest BCUT2D eigenvalue weighted by atomic mass is 16.5. The number of aromatic nitrogens is 3. The van der Waals surface area contributed by atoms with Crippen molar-refractivity contribution in [3.05, 3.63) is 103 Å². The summed E-state index contributed by atoms with van der Waals surface area (Å²) >= 11 is 0. The standard InChI is InChI=1S/C24H17N3O/c1-3-8-18(9-4-1)24-26-25-23-15-14-20(17-27(23)24)19-10-7-13-22(16-19)28-21-11-5-2-6-12-21/h1-17H. The quantitative estimate of drug-likeness (QED) is 0.402. The van der Waals surface area contributed by atoms with E-state index in [4.69, 9.17) is 4.74 Å². The molecule has 3 aromatic carbocycles. The molecule has 2 aromatic heterocycles. The lowest BCUT2D eigenvalue weighted by molar-refractivity contribution is 0.483. The molecule has 0 aliphatic heterocycles. The van der Waals surface area contributed by atoms with Gasteiger partial charge < -0.3 is 4.74 Å². The second kappa shape index (κ2) is 7.00. The Morgan fingerprint density at radius 1 is 0.571 bits per heavy atom. The van der Waals surface area contributed by atoms with Crippen LogP contribution in [-0.4, -0.2) is 14.6 Å². The van der Waals surface area contributed by atoms with Crippen LogP contribution in [0.5, 0.6) is 11.5 Å². The van der Waals surface area contributed by atoms with Gasteiger partial charge in [-0.3, -0.25) is 4.40 Å². The summed E-state index contributed by atoms with van der Waals surface area (Å²) < 4.78 is 8.00. The third kappa shape index (κ3) is 3.12. The minimum atomic E-state index is 0.802. The van der Waals surface area contributed by atoms with Crippen molar-refractivity contribution in [3.8, 4) is 34.0 Å². The molecular weight excluding hydrogens is 346 g/mol. The fourth-order valence-electron chi connectivity index (χ4n) is 3.21. The molecule has 134 valence electrons. The maximum atomic E-state index is 5.97. The zero-order chi connectivity index (χ0) is 18.8. The molecule has 0 bridgehead atoms. The minimum Gasteiger partial charge on any atom is -0.457 e. The van der Waals surface area contributed by atoms with E-state index in [0.717, 1.165) is 39.7 Å². The topological polar surface area (TPSA) is 39.4 Å². The molecule has 0 atom stereocenters. The van der Waals surface area contributed by atoms with Crippen LogP contribution in [0.15, 0.2) is 103 Å². The van der Waals surface area contributed by atoms with E-state index in [0.29, 0.717) is 0 Å². The summed E-state index contributed by atoms with van der Waals surface area (Å²) in [7, 11) is 0. The Hall–Kier alpha value is -3.92. The van der Waals surface area contributed by atoms with Gasteiger partial charge in [-0.25, -0.2) is 0 Å². The Bertz CT molecular complexity index is 1230. The van der Waals surface area contributed by atoms with Crippen LogP contribution in [0.25, 0.3) is 28.2 Å². The summed E-state index contributed by atoms with van der Waals surface area (Å²) in [6, 6.07) is 32.0. The summed E-state index contributed by atoms with van der Waals surface area (Å²) in [6.45, 7) is 0. The predicted octanol–water partition coefficient (Wildman–Crippen LogP) is 5.86. The molecule has 0 unspecified atom stereocenters. The Balaban J connectivity index is 1.54. The SMILES string of the molecule is c1ccc(Oc2cccc(-c3ccc4nnc(-c5ccccc5)n4c3)c2)cc1. The van der Waals surface area contributed by atoms with Crippen molar-refractivity contribution in [2.24, 2.45) is 0 Å². The molecule has 0 aliphatic carbocycles. The van der Waals surface area contributed by atoms with Gasteiger partial charge in [-0.1, -0.05) is 60.7 Å². The Labute approximate surface area is 162 Å². The lowest BCUT2D eigenvalue weighted by atomic mass is 10.1. The van der Waals surface area contributed by atoms with Gasteiger partial charge in [0.05, 0.1) is 0 Å². The third-order valence-electron chi connectivity index (χ3n) is 4.58. The van der Waals surface area contributed by atoms with Crippen molar-refractivity contribution in [2.45, 2.75) is 0 Å². The van der Waals surface area contributed by atoms with Crippen LogP contribution in [0, 0.1) is 0 Å². The fraction of sp³-hybridized carbons (Fsp3) is 0. The highest BCUT2D eigenvalue weighted by Crippen LogP contribution is 2.28. The molecule has 0 aliphatic rings. The monoisotopic (exact) mass is 363 g/mol. The lowest BCUT2D eigenvalue weighted by Crippen LogP contribution is -1.91. The average molecular weight is 363 g/mol. The van der Waals surface area contributed by atoms with Crippen molar-refractivity contribution in [3.63, 3.8) is 0 Å². The van der Waals surface area contributed by atoms with Gasteiger partial charge in [-0.05, 0) is 47.5 Å². The van der Waals surface area contributed by atoms with E-state index in [-0.39, 0.29) is 0 Å². The summed E-state index contributed by atoms with van der Waals surface area (Å²) in [4.78, 5) is 0. The Morgan fingerprint density at radius 2 is 1.29 bits per heavy atom. The third-order valence-corrected chi connectivity index (χ3v) is 4.58. The molecule has 0 spiro atoms. The van der Waals surface area contributed by atoms with Crippen LogP contribution >= 0.6 is 0 Å². The summed E-state index contributed by atoms with van der Waals surface area (Å²) in [5.74, 6) is 2.45. The van der Waals surface area contributed by atoms with Gasteiger partial charge in [0.25, 0.3) is 0 Å². The molecule has 0 fully saturated rings. The number of pyridine rings is 1. The zero-order valence-electron chi connectivity index (χ0n) is 15.1. The van der Waals surface area contributed by atoms with Gasteiger partial charge in [0.1, 0.15) is 11.5 Å². The van der Waals surface area contributed by atoms with Crippen LogP contribution in [0.1, 0.15) is 0 Å². The van der Waals surface area contributed by atoms with E-state index in [1.165, 1.54) is 0 Å².